The van der Waals surface area contributed by atoms with Gasteiger partial charge < -0.3 is 11.1 Å². The van der Waals surface area contributed by atoms with Crippen molar-refractivity contribution in [3.05, 3.63) is 0 Å². The monoisotopic (exact) mass is 156 g/mol. The maximum Gasteiger partial charge on any atom is 0.223 e. The maximum atomic E-state index is 11.2. The van der Waals surface area contributed by atoms with Crippen LogP contribution in [0.4, 0.5) is 0 Å². The number of carbonyl (C=O) groups excluding carboxylic acids is 1. The molecule has 0 aromatic carbocycles. The Hall–Kier alpha value is -0.570. The number of rotatable bonds is 4. The Balaban J connectivity index is 2.16. The molecule has 1 aliphatic carbocycles. The van der Waals surface area contributed by atoms with Crippen molar-refractivity contribution < 1.29 is 4.79 Å². The summed E-state index contributed by atoms with van der Waals surface area (Å²) in [4.78, 5) is 11.2. The summed E-state index contributed by atoms with van der Waals surface area (Å²) in [6.07, 6.45) is 2.44. The summed E-state index contributed by atoms with van der Waals surface area (Å²) in [6.45, 7) is 3.13. The normalized spacial score (nSPS) is 19.5. The van der Waals surface area contributed by atoms with Gasteiger partial charge in [0.2, 0.25) is 5.91 Å². The number of nitrogens with one attached hydrogen (secondary N) is 1. The quantitative estimate of drug-likeness (QED) is 0.607. The SMILES string of the molecule is CC(C(=O)NCCN)C1CC1. The fourth-order valence-electron chi connectivity index (χ4n) is 1.17. The molecule has 64 valence electrons. The molecular weight excluding hydrogens is 140 g/mol. The standard InChI is InChI=1S/C8H16N2O/c1-6(7-2-3-7)8(11)10-5-4-9/h6-7H,2-5,9H2,1H3,(H,10,11). The average molecular weight is 156 g/mol. The van der Waals surface area contributed by atoms with Crippen molar-refractivity contribution in [3.8, 4) is 0 Å². The van der Waals surface area contributed by atoms with Crippen LogP contribution in [0.15, 0.2) is 0 Å². The van der Waals surface area contributed by atoms with E-state index < -0.39 is 0 Å². The van der Waals surface area contributed by atoms with Gasteiger partial charge in [-0.3, -0.25) is 4.79 Å². The first kappa shape index (κ1) is 8.53. The highest BCUT2D eigenvalue weighted by Crippen LogP contribution is 2.36. The predicted octanol–water partition coefficient (Wildman–Crippen LogP) is 0.107. The lowest BCUT2D eigenvalue weighted by Crippen LogP contribution is -2.33. The van der Waals surface area contributed by atoms with Gasteiger partial charge in [-0.15, -0.1) is 0 Å². The van der Waals surface area contributed by atoms with E-state index in [0.29, 0.717) is 19.0 Å². The van der Waals surface area contributed by atoms with Crippen molar-refractivity contribution in [1.29, 1.82) is 0 Å². The molecule has 1 fully saturated rings. The molecule has 1 aliphatic rings. The minimum absolute atomic E-state index is 0.165. The molecule has 1 rings (SSSR count). The second-order valence-corrected chi connectivity index (χ2v) is 3.21. The molecule has 0 saturated heterocycles. The summed E-state index contributed by atoms with van der Waals surface area (Å²) in [5.41, 5.74) is 5.25. The Morgan fingerprint density at radius 3 is 2.82 bits per heavy atom. The van der Waals surface area contributed by atoms with Gasteiger partial charge in [-0.2, -0.15) is 0 Å². The van der Waals surface area contributed by atoms with Crippen LogP contribution in [-0.2, 0) is 4.79 Å². The number of nitrogens with two attached hydrogens (primary N) is 1. The zero-order valence-electron chi connectivity index (χ0n) is 6.97. The van der Waals surface area contributed by atoms with Gasteiger partial charge in [0.1, 0.15) is 0 Å². The van der Waals surface area contributed by atoms with E-state index in [-0.39, 0.29) is 11.8 Å². The van der Waals surface area contributed by atoms with Crippen molar-refractivity contribution in [2.24, 2.45) is 17.6 Å². The number of carbonyl (C=O) groups is 1. The van der Waals surface area contributed by atoms with E-state index in [9.17, 15) is 4.79 Å². The van der Waals surface area contributed by atoms with Gasteiger partial charge in [-0.1, -0.05) is 6.92 Å². The second-order valence-electron chi connectivity index (χ2n) is 3.21. The summed E-state index contributed by atoms with van der Waals surface area (Å²) >= 11 is 0. The topological polar surface area (TPSA) is 55.1 Å². The summed E-state index contributed by atoms with van der Waals surface area (Å²) in [5, 5.41) is 2.79. The van der Waals surface area contributed by atoms with E-state index >= 15 is 0 Å². The molecule has 0 spiro atoms. The number of hydrogen-bond acceptors (Lipinski definition) is 2. The zero-order chi connectivity index (χ0) is 8.27. The Morgan fingerprint density at radius 2 is 2.36 bits per heavy atom. The minimum atomic E-state index is 0.165. The molecular formula is C8H16N2O. The van der Waals surface area contributed by atoms with Crippen molar-refractivity contribution >= 4 is 5.91 Å². The van der Waals surface area contributed by atoms with Gasteiger partial charge >= 0.3 is 0 Å². The smallest absolute Gasteiger partial charge is 0.223 e. The highest BCUT2D eigenvalue weighted by molar-refractivity contribution is 5.78. The largest absolute Gasteiger partial charge is 0.355 e. The molecule has 1 amide bonds. The van der Waals surface area contributed by atoms with E-state index in [2.05, 4.69) is 5.32 Å². The van der Waals surface area contributed by atoms with Gasteiger partial charge in [0.25, 0.3) is 0 Å². The summed E-state index contributed by atoms with van der Waals surface area (Å²) in [6, 6.07) is 0. The fraction of sp³-hybridized carbons (Fsp3) is 0.875. The van der Waals surface area contributed by atoms with Gasteiger partial charge in [0.15, 0.2) is 0 Å². The molecule has 1 unspecified atom stereocenters. The van der Waals surface area contributed by atoms with Crippen LogP contribution in [-0.4, -0.2) is 19.0 Å². The molecule has 11 heavy (non-hydrogen) atoms. The lowest BCUT2D eigenvalue weighted by atomic mass is 10.1. The van der Waals surface area contributed by atoms with Gasteiger partial charge in [0, 0.05) is 19.0 Å². The Morgan fingerprint density at radius 1 is 1.73 bits per heavy atom. The molecule has 1 saturated carbocycles. The lowest BCUT2D eigenvalue weighted by Gasteiger charge is -2.09. The van der Waals surface area contributed by atoms with Crippen molar-refractivity contribution in [1.82, 2.24) is 5.32 Å². The van der Waals surface area contributed by atoms with Gasteiger partial charge in [-0.25, -0.2) is 0 Å². The Labute approximate surface area is 67.3 Å². The van der Waals surface area contributed by atoms with E-state index in [1.807, 2.05) is 6.92 Å². The molecule has 0 bridgehead atoms. The van der Waals surface area contributed by atoms with Crippen LogP contribution in [0.5, 0.6) is 0 Å². The zero-order valence-corrected chi connectivity index (χ0v) is 6.97. The maximum absolute atomic E-state index is 11.2. The van der Waals surface area contributed by atoms with Crippen LogP contribution in [0.1, 0.15) is 19.8 Å². The van der Waals surface area contributed by atoms with E-state index in [4.69, 9.17) is 5.73 Å². The second kappa shape index (κ2) is 3.72. The molecule has 1 atom stereocenters. The summed E-state index contributed by atoms with van der Waals surface area (Å²) < 4.78 is 0. The number of hydrogen-bond donors (Lipinski definition) is 2. The average Bonchev–Trinajstić information content (AvgIpc) is 2.81. The summed E-state index contributed by atoms with van der Waals surface area (Å²) in [5.74, 6) is 1.01. The van der Waals surface area contributed by atoms with Crippen molar-refractivity contribution in [2.45, 2.75) is 19.8 Å². The third-order valence-corrected chi connectivity index (χ3v) is 2.19. The first-order chi connectivity index (χ1) is 5.25. The van der Waals surface area contributed by atoms with Crippen LogP contribution < -0.4 is 11.1 Å². The van der Waals surface area contributed by atoms with Gasteiger partial charge in [-0.05, 0) is 18.8 Å². The molecule has 3 nitrogen and oxygen atoms in total. The van der Waals surface area contributed by atoms with Crippen molar-refractivity contribution in [3.63, 3.8) is 0 Å². The minimum Gasteiger partial charge on any atom is -0.355 e. The molecule has 0 aromatic rings. The third kappa shape index (κ3) is 2.50. The molecule has 0 aliphatic heterocycles. The highest BCUT2D eigenvalue weighted by atomic mass is 16.1. The lowest BCUT2D eigenvalue weighted by molar-refractivity contribution is -0.125. The third-order valence-electron chi connectivity index (χ3n) is 2.19. The van der Waals surface area contributed by atoms with Crippen LogP contribution in [0, 0.1) is 11.8 Å². The first-order valence-electron chi connectivity index (χ1n) is 4.23. The molecule has 3 heteroatoms. The Bertz CT molecular complexity index is 143. The molecule has 3 N–H and O–H groups in total. The van der Waals surface area contributed by atoms with E-state index in [1.165, 1.54) is 12.8 Å². The van der Waals surface area contributed by atoms with Crippen molar-refractivity contribution in [2.75, 3.05) is 13.1 Å². The van der Waals surface area contributed by atoms with E-state index in [0.717, 1.165) is 0 Å². The van der Waals surface area contributed by atoms with E-state index in [1.54, 1.807) is 0 Å². The summed E-state index contributed by atoms with van der Waals surface area (Å²) in [7, 11) is 0. The van der Waals surface area contributed by atoms with Crippen LogP contribution in [0.2, 0.25) is 0 Å². The Kier molecular flexibility index (Phi) is 2.88. The predicted molar refractivity (Wildman–Crippen MR) is 44.0 cm³/mol. The van der Waals surface area contributed by atoms with Crippen LogP contribution in [0.25, 0.3) is 0 Å². The highest BCUT2D eigenvalue weighted by Gasteiger charge is 2.32. The fourth-order valence-corrected chi connectivity index (χ4v) is 1.17. The van der Waals surface area contributed by atoms with Gasteiger partial charge in [0.05, 0.1) is 0 Å². The molecule has 0 radical (unpaired) electrons. The number of amides is 1. The van der Waals surface area contributed by atoms with Crippen LogP contribution >= 0.6 is 0 Å². The van der Waals surface area contributed by atoms with Crippen LogP contribution in [0.3, 0.4) is 0 Å². The molecule has 0 aromatic heterocycles. The molecule has 0 heterocycles. The first-order valence-corrected chi connectivity index (χ1v) is 4.23.